The van der Waals surface area contributed by atoms with Gasteiger partial charge in [0.25, 0.3) is 11.5 Å². The third-order valence-corrected chi connectivity index (χ3v) is 6.85. The second kappa shape index (κ2) is 11.1. The lowest BCUT2D eigenvalue weighted by molar-refractivity contribution is -0.115. The van der Waals surface area contributed by atoms with Crippen LogP contribution in [0.4, 0.5) is 0 Å². The lowest BCUT2D eigenvalue weighted by Gasteiger charge is -2.23. The van der Waals surface area contributed by atoms with Gasteiger partial charge in [-0.3, -0.25) is 9.59 Å². The molecule has 0 spiro atoms. The Hall–Kier alpha value is -5.70. The van der Waals surface area contributed by atoms with Gasteiger partial charge in [0.2, 0.25) is 5.75 Å². The number of amidine groups is 1. The summed E-state index contributed by atoms with van der Waals surface area (Å²) in [6.45, 7) is 0. The Bertz CT molecular complexity index is 1910. The molecular formula is C33H26N4O5. The lowest BCUT2D eigenvalue weighted by atomic mass is 10.1. The molecule has 5 aromatic rings. The predicted molar refractivity (Wildman–Crippen MR) is 162 cm³/mol. The fourth-order valence-electron chi connectivity index (χ4n) is 4.89. The molecule has 9 heteroatoms. The quantitative estimate of drug-likeness (QED) is 0.259. The number of amides is 1. The summed E-state index contributed by atoms with van der Waals surface area (Å²) in [6.07, 6.45) is 1.62. The summed E-state index contributed by atoms with van der Waals surface area (Å²) < 4.78 is 17.7. The molecule has 0 atom stereocenters. The highest BCUT2D eigenvalue weighted by Gasteiger charge is 2.36. The van der Waals surface area contributed by atoms with Gasteiger partial charge in [0, 0.05) is 11.1 Å². The largest absolute Gasteiger partial charge is 0.493 e. The number of benzene rings is 4. The van der Waals surface area contributed by atoms with E-state index in [9.17, 15) is 9.59 Å². The maximum Gasteiger partial charge on any atom is 0.297 e. The number of carbonyl (C=O) groups is 1. The Morgan fingerprint density at radius 2 is 1.31 bits per heavy atom. The van der Waals surface area contributed by atoms with Crippen molar-refractivity contribution < 1.29 is 19.0 Å². The van der Waals surface area contributed by atoms with Crippen molar-refractivity contribution in [3.63, 3.8) is 0 Å². The molecule has 0 fully saturated rings. The molecule has 1 amide bonds. The van der Waals surface area contributed by atoms with Gasteiger partial charge in [0.1, 0.15) is 5.70 Å². The van der Waals surface area contributed by atoms with Crippen LogP contribution in [0.5, 0.6) is 17.2 Å². The molecule has 1 aromatic heterocycles. The van der Waals surface area contributed by atoms with Crippen LogP contribution in [0.15, 0.2) is 113 Å². The van der Waals surface area contributed by atoms with Crippen molar-refractivity contribution in [1.29, 1.82) is 0 Å². The van der Waals surface area contributed by atoms with Crippen LogP contribution in [0.3, 0.4) is 0 Å². The standard InChI is InChI=1S/C33H26N4O5/c1-40-27-19-21(20-28(41-2)29(27)42-3)18-26-33(39)37(31(35-26)23-14-8-5-9-15-23)36-30(22-12-6-4-7-13-22)34-25-17-11-10-16-24(25)32(36)38/h4-20H,1-3H3/b26-18-. The van der Waals surface area contributed by atoms with Gasteiger partial charge in [0.05, 0.1) is 32.2 Å². The number of para-hydroxylation sites is 1. The number of aromatic nitrogens is 2. The lowest BCUT2D eigenvalue weighted by Crippen LogP contribution is -2.49. The summed E-state index contributed by atoms with van der Waals surface area (Å²) in [5.41, 5.74) is 2.15. The minimum absolute atomic E-state index is 0.113. The fraction of sp³-hybridized carbons (Fsp3) is 0.0909. The molecule has 0 radical (unpaired) electrons. The van der Waals surface area contributed by atoms with Crippen LogP contribution >= 0.6 is 0 Å². The van der Waals surface area contributed by atoms with Gasteiger partial charge in [-0.25, -0.2) is 9.98 Å². The zero-order valence-electron chi connectivity index (χ0n) is 23.1. The third-order valence-electron chi connectivity index (χ3n) is 6.85. The van der Waals surface area contributed by atoms with Crippen molar-refractivity contribution in [1.82, 2.24) is 9.66 Å². The van der Waals surface area contributed by atoms with E-state index in [0.717, 1.165) is 0 Å². The molecular weight excluding hydrogens is 532 g/mol. The van der Waals surface area contributed by atoms with Crippen LogP contribution in [0, 0.1) is 0 Å². The number of rotatable bonds is 7. The van der Waals surface area contributed by atoms with Gasteiger partial charge in [-0.1, -0.05) is 72.8 Å². The third kappa shape index (κ3) is 4.56. The van der Waals surface area contributed by atoms with Gasteiger partial charge >= 0.3 is 0 Å². The number of aliphatic imine (C=N–C) groups is 1. The first-order valence-corrected chi connectivity index (χ1v) is 13.1. The van der Waals surface area contributed by atoms with Crippen molar-refractivity contribution in [2.45, 2.75) is 0 Å². The van der Waals surface area contributed by atoms with E-state index in [4.69, 9.17) is 24.2 Å². The minimum atomic E-state index is -0.501. The van der Waals surface area contributed by atoms with Crippen molar-refractivity contribution in [2.24, 2.45) is 4.99 Å². The zero-order chi connectivity index (χ0) is 29.2. The molecule has 0 unspecified atom stereocenters. The number of fused-ring (bicyclic) bond motifs is 1. The molecule has 6 rings (SSSR count). The number of hydrogen-bond donors (Lipinski definition) is 0. The van der Waals surface area contributed by atoms with E-state index in [2.05, 4.69) is 0 Å². The predicted octanol–water partition coefficient (Wildman–Crippen LogP) is 5.06. The second-order valence-electron chi connectivity index (χ2n) is 9.34. The highest BCUT2D eigenvalue weighted by molar-refractivity contribution is 6.29. The molecule has 42 heavy (non-hydrogen) atoms. The molecule has 0 bridgehead atoms. The molecule has 208 valence electrons. The first-order chi connectivity index (χ1) is 20.5. The Morgan fingerprint density at radius 3 is 1.93 bits per heavy atom. The summed E-state index contributed by atoms with van der Waals surface area (Å²) in [5, 5.41) is 1.67. The van der Waals surface area contributed by atoms with Crippen LogP contribution < -0.4 is 24.8 Å². The molecule has 0 N–H and O–H groups in total. The van der Waals surface area contributed by atoms with Gasteiger partial charge < -0.3 is 14.2 Å². The fourth-order valence-corrected chi connectivity index (χ4v) is 4.89. The summed E-state index contributed by atoms with van der Waals surface area (Å²) >= 11 is 0. The Balaban J connectivity index is 1.60. The maximum atomic E-state index is 14.3. The summed E-state index contributed by atoms with van der Waals surface area (Å²) in [7, 11) is 4.56. The van der Waals surface area contributed by atoms with Crippen molar-refractivity contribution in [3.05, 3.63) is 124 Å². The van der Waals surface area contributed by atoms with Crippen LogP contribution in [-0.4, -0.2) is 42.7 Å². The number of carbonyl (C=O) groups excluding carboxylic acids is 1. The number of nitrogens with zero attached hydrogens (tertiary/aromatic N) is 4. The van der Waals surface area contributed by atoms with E-state index in [-0.39, 0.29) is 11.5 Å². The van der Waals surface area contributed by atoms with E-state index in [1.807, 2.05) is 66.7 Å². The smallest absolute Gasteiger partial charge is 0.297 e. The SMILES string of the molecule is COc1cc(/C=C2\N=C(c3ccccc3)N(n3c(-c4ccccc4)nc4ccccc4c3=O)C2=O)cc(OC)c1OC. The van der Waals surface area contributed by atoms with Crippen LogP contribution in [0.2, 0.25) is 0 Å². The summed E-state index contributed by atoms with van der Waals surface area (Å²) in [6, 6.07) is 29.0. The first-order valence-electron chi connectivity index (χ1n) is 13.1. The van der Waals surface area contributed by atoms with E-state index in [0.29, 0.717) is 50.7 Å². The second-order valence-corrected chi connectivity index (χ2v) is 9.34. The number of ether oxygens (including phenoxy) is 3. The average molecular weight is 559 g/mol. The monoisotopic (exact) mass is 558 g/mol. The van der Waals surface area contributed by atoms with E-state index in [1.165, 1.54) is 31.0 Å². The van der Waals surface area contributed by atoms with Crippen molar-refractivity contribution in [2.75, 3.05) is 26.3 Å². The number of hydrogen-bond acceptors (Lipinski definition) is 7. The van der Waals surface area contributed by atoms with Crippen LogP contribution in [0.25, 0.3) is 28.4 Å². The molecule has 2 heterocycles. The molecule has 9 nitrogen and oxygen atoms in total. The van der Waals surface area contributed by atoms with E-state index < -0.39 is 11.5 Å². The number of methoxy groups -OCH3 is 3. The van der Waals surface area contributed by atoms with Crippen LogP contribution in [-0.2, 0) is 4.79 Å². The topological polar surface area (TPSA) is 95.2 Å². The highest BCUT2D eigenvalue weighted by Crippen LogP contribution is 2.39. The summed E-state index contributed by atoms with van der Waals surface area (Å²) in [4.78, 5) is 38.0. The van der Waals surface area contributed by atoms with Gasteiger partial charge in [-0.2, -0.15) is 9.69 Å². The summed E-state index contributed by atoms with van der Waals surface area (Å²) in [5.74, 6) is 1.38. The van der Waals surface area contributed by atoms with Crippen molar-refractivity contribution in [3.8, 4) is 28.6 Å². The maximum absolute atomic E-state index is 14.3. The van der Waals surface area contributed by atoms with Gasteiger partial charge in [-0.05, 0) is 35.9 Å². The average Bonchev–Trinajstić information content (AvgIpc) is 3.36. The Morgan fingerprint density at radius 1 is 0.714 bits per heavy atom. The zero-order valence-corrected chi connectivity index (χ0v) is 23.1. The molecule has 4 aromatic carbocycles. The van der Waals surface area contributed by atoms with Crippen LogP contribution in [0.1, 0.15) is 11.1 Å². The normalized spacial score (nSPS) is 13.9. The Kier molecular flexibility index (Phi) is 6.98. The van der Waals surface area contributed by atoms with Gasteiger partial charge in [0.15, 0.2) is 23.2 Å². The molecule has 0 saturated heterocycles. The first kappa shape index (κ1) is 26.5. The van der Waals surface area contributed by atoms with E-state index in [1.54, 1.807) is 36.4 Å². The Labute approximate surface area is 241 Å². The van der Waals surface area contributed by atoms with Gasteiger partial charge in [-0.15, -0.1) is 0 Å². The van der Waals surface area contributed by atoms with Crippen molar-refractivity contribution >= 4 is 28.7 Å². The molecule has 1 aliphatic rings. The molecule has 1 aliphatic heterocycles. The molecule has 0 saturated carbocycles. The molecule has 0 aliphatic carbocycles. The highest BCUT2D eigenvalue weighted by atomic mass is 16.5. The van der Waals surface area contributed by atoms with E-state index >= 15 is 0 Å². The minimum Gasteiger partial charge on any atom is -0.493 e.